The van der Waals surface area contributed by atoms with E-state index in [1.165, 1.54) is 37.3 Å². The van der Waals surface area contributed by atoms with Gasteiger partial charge in [-0.15, -0.1) is 0 Å². The van der Waals surface area contributed by atoms with Gasteiger partial charge in [0.2, 0.25) is 9.84 Å². The van der Waals surface area contributed by atoms with Gasteiger partial charge in [-0.2, -0.15) is 0 Å². The number of hydrogen-bond acceptors (Lipinski definition) is 8. The number of esters is 1. The summed E-state index contributed by atoms with van der Waals surface area (Å²) in [5.74, 6) is -6.06. The third kappa shape index (κ3) is 5.37. The second-order valence-electron chi connectivity index (χ2n) is 9.65. The van der Waals surface area contributed by atoms with E-state index >= 15 is 4.39 Å². The zero-order valence-corrected chi connectivity index (χ0v) is 24.5. The van der Waals surface area contributed by atoms with E-state index in [-0.39, 0.29) is 35.1 Å². The molecule has 3 aromatic carbocycles. The van der Waals surface area contributed by atoms with E-state index in [4.69, 9.17) is 16.3 Å². The molecule has 2 aliphatic heterocycles. The second kappa shape index (κ2) is 11.4. The van der Waals surface area contributed by atoms with Crippen molar-refractivity contribution >= 4 is 48.9 Å². The van der Waals surface area contributed by atoms with Crippen LogP contribution in [0.2, 0.25) is 5.02 Å². The van der Waals surface area contributed by atoms with Gasteiger partial charge < -0.3 is 10.1 Å². The van der Waals surface area contributed by atoms with E-state index in [0.717, 1.165) is 12.1 Å². The predicted octanol–water partition coefficient (Wildman–Crippen LogP) is 4.10. The van der Waals surface area contributed by atoms with Crippen LogP contribution in [0.5, 0.6) is 0 Å². The van der Waals surface area contributed by atoms with Gasteiger partial charge in [0.1, 0.15) is 18.3 Å². The molecule has 0 saturated heterocycles. The summed E-state index contributed by atoms with van der Waals surface area (Å²) in [6, 6.07) is 17.2. The summed E-state index contributed by atoms with van der Waals surface area (Å²) in [7, 11) is -8.82. The minimum atomic E-state index is -4.63. The van der Waals surface area contributed by atoms with Crippen molar-refractivity contribution < 1.29 is 35.6 Å². The highest BCUT2D eigenvalue weighted by Crippen LogP contribution is 2.49. The first-order chi connectivity index (χ1) is 19.9. The highest BCUT2D eigenvalue weighted by molar-refractivity contribution is 7.97. The number of halogens is 2. The maximum absolute atomic E-state index is 15.5. The van der Waals surface area contributed by atoms with Crippen LogP contribution in [0.3, 0.4) is 0 Å². The summed E-state index contributed by atoms with van der Waals surface area (Å²) in [4.78, 5) is 28.7. The molecule has 9 nitrogen and oxygen atoms in total. The number of aliphatic imine (C=N–C) groups is 1. The largest absolute Gasteiger partial charge is 0.463 e. The van der Waals surface area contributed by atoms with E-state index in [1.54, 1.807) is 30.3 Å². The number of rotatable bonds is 6. The molecule has 2 heterocycles. The zero-order chi connectivity index (χ0) is 30.2. The number of amides is 1. The SMILES string of the molecule is CC1=NC2=C(C(c3c(F)cccc3Cl)C1C(=O)OCCNC(=O)c1ccccc1)S(=O)(=O)c1ccccc1S(=O)(=O)C2. The number of allylic oxidation sites excluding steroid dienone is 1. The van der Waals surface area contributed by atoms with Crippen LogP contribution in [0.15, 0.2) is 98.2 Å². The van der Waals surface area contributed by atoms with Gasteiger partial charge in [0.05, 0.1) is 32.7 Å². The monoisotopic (exact) mass is 630 g/mol. The van der Waals surface area contributed by atoms with E-state index in [2.05, 4.69) is 10.3 Å². The minimum absolute atomic E-state index is 0.0211. The fourth-order valence-electron chi connectivity index (χ4n) is 5.15. The van der Waals surface area contributed by atoms with Crippen molar-refractivity contribution in [1.29, 1.82) is 0 Å². The van der Waals surface area contributed by atoms with Crippen LogP contribution in [-0.2, 0) is 29.2 Å². The van der Waals surface area contributed by atoms with Crippen LogP contribution in [0.25, 0.3) is 0 Å². The van der Waals surface area contributed by atoms with Gasteiger partial charge in [-0.05, 0) is 43.3 Å². The third-order valence-corrected chi connectivity index (χ3v) is 11.1. The number of nitrogens with one attached hydrogen (secondary N) is 1. The number of sulfone groups is 2. The van der Waals surface area contributed by atoms with Gasteiger partial charge in [0.15, 0.2) is 9.84 Å². The molecule has 0 saturated carbocycles. The summed E-state index contributed by atoms with van der Waals surface area (Å²) < 4.78 is 75.7. The Labute approximate surface area is 246 Å². The van der Waals surface area contributed by atoms with Gasteiger partial charge in [-0.1, -0.05) is 48.0 Å². The first-order valence-corrected chi connectivity index (χ1v) is 16.2. The molecule has 0 bridgehead atoms. The molecule has 0 aliphatic carbocycles. The third-order valence-electron chi connectivity index (χ3n) is 6.98. The first-order valence-electron chi connectivity index (χ1n) is 12.7. The molecule has 0 fully saturated rings. The summed E-state index contributed by atoms with van der Waals surface area (Å²) in [6.45, 7) is 1.06. The highest BCUT2D eigenvalue weighted by atomic mass is 35.5. The average Bonchev–Trinajstić information content (AvgIpc) is 3.01. The summed E-state index contributed by atoms with van der Waals surface area (Å²) in [6.07, 6.45) is 0. The van der Waals surface area contributed by atoms with Crippen molar-refractivity contribution in [3.8, 4) is 0 Å². The van der Waals surface area contributed by atoms with Crippen LogP contribution in [0.4, 0.5) is 4.39 Å². The normalized spacial score (nSPS) is 20.4. The predicted molar refractivity (Wildman–Crippen MR) is 153 cm³/mol. The molecular weight excluding hydrogens is 607 g/mol. The van der Waals surface area contributed by atoms with Crippen molar-refractivity contribution in [3.63, 3.8) is 0 Å². The summed E-state index contributed by atoms with van der Waals surface area (Å²) >= 11 is 6.41. The molecule has 0 radical (unpaired) electrons. The Morgan fingerprint density at radius 2 is 1.64 bits per heavy atom. The molecule has 0 aromatic heterocycles. The molecule has 2 aliphatic rings. The summed E-state index contributed by atoms with van der Waals surface area (Å²) in [5, 5.41) is 2.45. The fraction of sp³-hybridized carbons (Fsp3) is 0.207. The van der Waals surface area contributed by atoms with Crippen molar-refractivity contribution in [2.75, 3.05) is 18.9 Å². The lowest BCUT2D eigenvalue weighted by Gasteiger charge is -2.32. The van der Waals surface area contributed by atoms with Crippen LogP contribution in [-0.4, -0.2) is 53.3 Å². The Bertz CT molecular complexity index is 1850. The van der Waals surface area contributed by atoms with E-state index in [1.807, 2.05) is 0 Å². The lowest BCUT2D eigenvalue weighted by molar-refractivity contribution is -0.146. The smallest absolute Gasteiger partial charge is 0.315 e. The van der Waals surface area contributed by atoms with Gasteiger partial charge in [-0.25, -0.2) is 21.2 Å². The Morgan fingerprint density at radius 1 is 0.976 bits per heavy atom. The van der Waals surface area contributed by atoms with Crippen LogP contribution >= 0.6 is 11.6 Å². The zero-order valence-electron chi connectivity index (χ0n) is 22.1. The lowest BCUT2D eigenvalue weighted by atomic mass is 9.80. The summed E-state index contributed by atoms with van der Waals surface area (Å²) in [5.41, 5.74) is -0.206. The Kier molecular flexibility index (Phi) is 8.06. The van der Waals surface area contributed by atoms with E-state index in [0.29, 0.717) is 5.56 Å². The van der Waals surface area contributed by atoms with Gasteiger partial charge in [0, 0.05) is 27.8 Å². The molecule has 1 amide bonds. The van der Waals surface area contributed by atoms with Gasteiger partial charge in [-0.3, -0.25) is 14.6 Å². The number of carbonyl (C=O) groups excluding carboxylic acids is 2. The van der Waals surface area contributed by atoms with Crippen molar-refractivity contribution in [2.45, 2.75) is 22.6 Å². The van der Waals surface area contributed by atoms with Crippen molar-refractivity contribution in [1.82, 2.24) is 5.32 Å². The molecule has 3 aromatic rings. The molecule has 42 heavy (non-hydrogen) atoms. The molecule has 2 unspecified atom stereocenters. The quantitative estimate of drug-likeness (QED) is 0.320. The topological polar surface area (TPSA) is 136 Å². The second-order valence-corrected chi connectivity index (χ2v) is 13.9. The molecule has 0 spiro atoms. The number of fused-ring (bicyclic) bond motifs is 1. The number of benzene rings is 3. The number of hydrogen-bond donors (Lipinski definition) is 1. The average molecular weight is 631 g/mol. The minimum Gasteiger partial charge on any atom is -0.463 e. The molecule has 13 heteroatoms. The molecule has 218 valence electrons. The highest BCUT2D eigenvalue weighted by Gasteiger charge is 2.49. The van der Waals surface area contributed by atoms with Crippen molar-refractivity contribution in [3.05, 3.63) is 105 Å². The van der Waals surface area contributed by atoms with Crippen LogP contribution < -0.4 is 5.32 Å². The van der Waals surface area contributed by atoms with Gasteiger partial charge >= 0.3 is 5.97 Å². The molecule has 1 N–H and O–H groups in total. The van der Waals surface area contributed by atoms with E-state index < -0.39 is 69.7 Å². The lowest BCUT2D eigenvalue weighted by Crippen LogP contribution is -2.38. The van der Waals surface area contributed by atoms with Gasteiger partial charge in [0.25, 0.3) is 5.91 Å². The first kappa shape index (κ1) is 29.6. The van der Waals surface area contributed by atoms with Crippen LogP contribution in [0, 0.1) is 11.7 Å². The Morgan fingerprint density at radius 3 is 2.33 bits per heavy atom. The Hall–Kier alpha value is -3.87. The number of nitrogens with zero attached hydrogens (tertiary/aromatic N) is 1. The molecule has 2 atom stereocenters. The number of carbonyl (C=O) groups is 2. The molecule has 5 rings (SSSR count). The molecular formula is C29H24ClFN2O7S2. The standard InChI is InChI=1S/C29H24ClFN2O7S2/c1-17-24(29(35)40-15-14-32-28(34)18-8-3-2-4-9-18)26(25-19(30)10-7-11-20(25)31)27-21(33-17)16-41(36,37)22-12-5-6-13-23(22)42(27,38)39/h2-13,24,26H,14-16H2,1H3,(H,32,34). The Balaban J connectivity index is 1.55. The van der Waals surface area contributed by atoms with Crippen molar-refractivity contribution in [2.24, 2.45) is 10.9 Å². The number of ether oxygens (including phenoxy) is 1. The maximum atomic E-state index is 15.5. The maximum Gasteiger partial charge on any atom is 0.315 e. The van der Waals surface area contributed by atoms with Crippen LogP contribution in [0.1, 0.15) is 28.8 Å². The fourth-order valence-corrected chi connectivity index (χ4v) is 9.47. The van der Waals surface area contributed by atoms with E-state index in [9.17, 15) is 26.4 Å².